The molecule has 0 fully saturated rings. The molecule has 5 heteroatoms. The van der Waals surface area contributed by atoms with Crippen molar-refractivity contribution < 1.29 is 0 Å². The Morgan fingerprint density at radius 2 is 1.95 bits per heavy atom. The lowest BCUT2D eigenvalue weighted by Crippen LogP contribution is -2.22. The molecule has 110 valence electrons. The Labute approximate surface area is 124 Å². The van der Waals surface area contributed by atoms with Crippen LogP contribution in [0.25, 0.3) is 22.6 Å². The van der Waals surface area contributed by atoms with Gasteiger partial charge in [0.2, 0.25) is 0 Å². The van der Waals surface area contributed by atoms with Gasteiger partial charge in [-0.25, -0.2) is 4.98 Å². The van der Waals surface area contributed by atoms with E-state index in [0.717, 1.165) is 28.1 Å². The maximum Gasteiger partial charge on any atom is 0.162 e. The SMILES string of the molecule is Cn1ccc(-c2nc3cc(CN)ccc3n2C(C)(C)C)n1. The molecule has 0 atom stereocenters. The zero-order valence-electron chi connectivity index (χ0n) is 13.0. The molecule has 2 heterocycles. The molecular weight excluding hydrogens is 262 g/mol. The summed E-state index contributed by atoms with van der Waals surface area (Å²) in [5.74, 6) is 0.896. The molecule has 0 radical (unpaired) electrons. The molecule has 5 nitrogen and oxygen atoms in total. The molecule has 0 bridgehead atoms. The molecule has 0 aliphatic carbocycles. The van der Waals surface area contributed by atoms with Crippen molar-refractivity contribution >= 4 is 11.0 Å². The van der Waals surface area contributed by atoms with E-state index < -0.39 is 0 Å². The molecule has 0 amide bonds. The van der Waals surface area contributed by atoms with Crippen LogP contribution in [-0.4, -0.2) is 19.3 Å². The Bertz CT molecular complexity index is 789. The van der Waals surface area contributed by atoms with E-state index in [9.17, 15) is 0 Å². The topological polar surface area (TPSA) is 61.7 Å². The lowest BCUT2D eigenvalue weighted by molar-refractivity contribution is 0.412. The number of imidazole rings is 1. The van der Waals surface area contributed by atoms with Crippen molar-refractivity contribution in [1.29, 1.82) is 0 Å². The van der Waals surface area contributed by atoms with Gasteiger partial charge in [-0.3, -0.25) is 4.68 Å². The molecule has 0 aliphatic heterocycles. The molecule has 0 spiro atoms. The number of hydrogen-bond acceptors (Lipinski definition) is 3. The maximum atomic E-state index is 5.74. The Balaban J connectivity index is 2.32. The van der Waals surface area contributed by atoms with E-state index in [1.165, 1.54) is 0 Å². The van der Waals surface area contributed by atoms with Gasteiger partial charge in [-0.15, -0.1) is 0 Å². The highest BCUT2D eigenvalue weighted by Gasteiger charge is 2.23. The van der Waals surface area contributed by atoms with Crippen LogP contribution in [0.5, 0.6) is 0 Å². The molecule has 0 aliphatic rings. The molecule has 0 unspecified atom stereocenters. The van der Waals surface area contributed by atoms with Gasteiger partial charge in [-0.1, -0.05) is 6.07 Å². The first-order valence-corrected chi connectivity index (χ1v) is 7.12. The summed E-state index contributed by atoms with van der Waals surface area (Å²) in [5, 5.41) is 4.50. The van der Waals surface area contributed by atoms with Crippen LogP contribution in [0.4, 0.5) is 0 Å². The number of fused-ring (bicyclic) bond motifs is 1. The molecular formula is C16H21N5. The summed E-state index contributed by atoms with van der Waals surface area (Å²) in [6.45, 7) is 7.06. The van der Waals surface area contributed by atoms with Crippen molar-refractivity contribution in [2.75, 3.05) is 0 Å². The molecule has 0 saturated heterocycles. The van der Waals surface area contributed by atoms with Crippen LogP contribution in [0.15, 0.2) is 30.5 Å². The number of aryl methyl sites for hydroxylation is 1. The van der Waals surface area contributed by atoms with Crippen LogP contribution in [0.3, 0.4) is 0 Å². The predicted molar refractivity (Wildman–Crippen MR) is 84.8 cm³/mol. The summed E-state index contributed by atoms with van der Waals surface area (Å²) in [6, 6.07) is 8.22. The highest BCUT2D eigenvalue weighted by molar-refractivity contribution is 5.81. The van der Waals surface area contributed by atoms with Gasteiger partial charge in [0.15, 0.2) is 5.82 Å². The van der Waals surface area contributed by atoms with Gasteiger partial charge in [0.1, 0.15) is 5.69 Å². The Morgan fingerprint density at radius 1 is 1.19 bits per heavy atom. The average molecular weight is 283 g/mol. The van der Waals surface area contributed by atoms with E-state index in [-0.39, 0.29) is 5.54 Å². The summed E-state index contributed by atoms with van der Waals surface area (Å²) in [4.78, 5) is 4.80. The first-order valence-electron chi connectivity index (χ1n) is 7.12. The Kier molecular flexibility index (Phi) is 3.10. The first-order chi connectivity index (χ1) is 9.90. The van der Waals surface area contributed by atoms with Crippen molar-refractivity contribution in [3.63, 3.8) is 0 Å². The summed E-state index contributed by atoms with van der Waals surface area (Å²) in [6.07, 6.45) is 1.94. The van der Waals surface area contributed by atoms with Crippen molar-refractivity contribution in [3.05, 3.63) is 36.0 Å². The first kappa shape index (κ1) is 13.8. The number of aromatic nitrogens is 4. The molecule has 2 aromatic heterocycles. The average Bonchev–Trinajstić information content (AvgIpc) is 3.00. The number of rotatable bonds is 2. The number of nitrogens with zero attached hydrogens (tertiary/aromatic N) is 4. The van der Waals surface area contributed by atoms with E-state index in [1.807, 2.05) is 19.3 Å². The second-order valence-corrected chi connectivity index (χ2v) is 6.34. The minimum Gasteiger partial charge on any atom is -0.326 e. The highest BCUT2D eigenvalue weighted by Crippen LogP contribution is 2.30. The number of nitrogens with two attached hydrogens (primary N) is 1. The van der Waals surface area contributed by atoms with E-state index in [0.29, 0.717) is 6.54 Å². The number of benzene rings is 1. The van der Waals surface area contributed by atoms with E-state index in [2.05, 4.69) is 48.6 Å². The smallest absolute Gasteiger partial charge is 0.162 e. The monoisotopic (exact) mass is 283 g/mol. The van der Waals surface area contributed by atoms with Gasteiger partial charge in [0.05, 0.1) is 11.0 Å². The third-order valence-corrected chi connectivity index (χ3v) is 3.57. The second kappa shape index (κ2) is 4.70. The van der Waals surface area contributed by atoms with E-state index in [1.54, 1.807) is 4.68 Å². The standard InChI is InChI=1S/C16H21N5/c1-16(2,3)21-14-6-5-11(10-17)9-13(14)18-15(21)12-7-8-20(4)19-12/h5-9H,10,17H2,1-4H3. The molecule has 21 heavy (non-hydrogen) atoms. The normalized spacial score (nSPS) is 12.2. The van der Waals surface area contributed by atoms with Crippen LogP contribution >= 0.6 is 0 Å². The van der Waals surface area contributed by atoms with Crippen LogP contribution < -0.4 is 5.73 Å². The fourth-order valence-corrected chi connectivity index (χ4v) is 2.64. The molecule has 2 N–H and O–H groups in total. The predicted octanol–water partition coefficient (Wildman–Crippen LogP) is 2.65. The second-order valence-electron chi connectivity index (χ2n) is 6.34. The fraction of sp³-hybridized carbons (Fsp3) is 0.375. The van der Waals surface area contributed by atoms with Crippen LogP contribution in [-0.2, 0) is 19.1 Å². The van der Waals surface area contributed by atoms with Crippen molar-refractivity contribution in [1.82, 2.24) is 19.3 Å². The number of hydrogen-bond donors (Lipinski definition) is 1. The van der Waals surface area contributed by atoms with Crippen molar-refractivity contribution in [3.8, 4) is 11.5 Å². The van der Waals surface area contributed by atoms with Gasteiger partial charge in [-0.05, 0) is 44.5 Å². The molecule has 3 rings (SSSR count). The largest absolute Gasteiger partial charge is 0.326 e. The van der Waals surface area contributed by atoms with E-state index in [4.69, 9.17) is 10.7 Å². The van der Waals surface area contributed by atoms with Crippen molar-refractivity contribution in [2.45, 2.75) is 32.9 Å². The van der Waals surface area contributed by atoms with Crippen molar-refractivity contribution in [2.24, 2.45) is 12.8 Å². The third-order valence-electron chi connectivity index (χ3n) is 3.57. The van der Waals surface area contributed by atoms with Crippen LogP contribution in [0.2, 0.25) is 0 Å². The van der Waals surface area contributed by atoms with Crippen LogP contribution in [0, 0.1) is 0 Å². The van der Waals surface area contributed by atoms with Gasteiger partial charge in [-0.2, -0.15) is 5.10 Å². The molecule has 0 saturated carbocycles. The quantitative estimate of drug-likeness (QED) is 0.786. The lowest BCUT2D eigenvalue weighted by Gasteiger charge is -2.24. The maximum absolute atomic E-state index is 5.74. The summed E-state index contributed by atoms with van der Waals surface area (Å²) in [7, 11) is 1.92. The van der Waals surface area contributed by atoms with Gasteiger partial charge in [0.25, 0.3) is 0 Å². The Morgan fingerprint density at radius 3 is 2.52 bits per heavy atom. The summed E-state index contributed by atoms with van der Waals surface area (Å²) in [5.41, 5.74) is 9.71. The summed E-state index contributed by atoms with van der Waals surface area (Å²) < 4.78 is 4.04. The van der Waals surface area contributed by atoms with Gasteiger partial charge >= 0.3 is 0 Å². The highest BCUT2D eigenvalue weighted by atomic mass is 15.3. The summed E-state index contributed by atoms with van der Waals surface area (Å²) >= 11 is 0. The lowest BCUT2D eigenvalue weighted by atomic mass is 10.1. The Hall–Kier alpha value is -2.14. The minimum absolute atomic E-state index is 0.0775. The zero-order valence-corrected chi connectivity index (χ0v) is 13.0. The third kappa shape index (κ3) is 2.34. The van der Waals surface area contributed by atoms with Gasteiger partial charge < -0.3 is 10.3 Å². The van der Waals surface area contributed by atoms with E-state index >= 15 is 0 Å². The van der Waals surface area contributed by atoms with Gasteiger partial charge in [0, 0.05) is 25.3 Å². The van der Waals surface area contributed by atoms with Crippen LogP contribution in [0.1, 0.15) is 26.3 Å². The molecule has 1 aromatic carbocycles. The minimum atomic E-state index is -0.0775. The molecule has 3 aromatic rings. The fourth-order valence-electron chi connectivity index (χ4n) is 2.64. The zero-order chi connectivity index (χ0) is 15.2.